The lowest BCUT2D eigenvalue weighted by molar-refractivity contribution is 0.144. The van der Waals surface area contributed by atoms with Gasteiger partial charge < -0.3 is 0 Å². The molecule has 0 aliphatic heterocycles. The first-order chi connectivity index (χ1) is 10.8. The molecule has 0 aliphatic rings. The van der Waals surface area contributed by atoms with Crippen LogP contribution in [0, 0.1) is 6.92 Å². The fraction of sp³-hybridized carbons (Fsp3) is 0.125. The van der Waals surface area contributed by atoms with E-state index >= 15 is 0 Å². The van der Waals surface area contributed by atoms with Gasteiger partial charge in [0.15, 0.2) is 0 Å². The summed E-state index contributed by atoms with van der Waals surface area (Å²) in [4.78, 5) is -0.0294. The summed E-state index contributed by atoms with van der Waals surface area (Å²) in [5.74, 6) is 0. The van der Waals surface area contributed by atoms with Crippen LogP contribution >= 0.6 is 15.9 Å². The monoisotopic (exact) mass is 399 g/mol. The first-order valence-corrected chi connectivity index (χ1v) is 8.96. The van der Waals surface area contributed by atoms with Crippen molar-refractivity contribution in [2.45, 2.75) is 18.2 Å². The summed E-state index contributed by atoms with van der Waals surface area (Å²) in [5, 5.41) is 0.429. The summed E-state index contributed by atoms with van der Waals surface area (Å²) in [5.41, 5.74) is 0.540. The highest BCUT2D eigenvalue weighted by atomic mass is 79.9. The van der Waals surface area contributed by atoms with Crippen molar-refractivity contribution in [3.63, 3.8) is 0 Å². The number of hydrogen-bond acceptors (Lipinski definition) is 2. The molecule has 7 heteroatoms. The third-order valence-corrected chi connectivity index (χ3v) is 6.14. The van der Waals surface area contributed by atoms with Gasteiger partial charge in [0.1, 0.15) is 5.69 Å². The minimum Gasteiger partial charge on any atom is -0.231 e. The number of aryl methyl sites for hydroxylation is 1. The number of hydrogen-bond donors (Lipinski definition) is 0. The Balaban J connectivity index is 2.39. The van der Waals surface area contributed by atoms with E-state index in [9.17, 15) is 17.2 Å². The Labute approximate surface area is 140 Å². The van der Waals surface area contributed by atoms with E-state index in [1.165, 1.54) is 18.2 Å². The van der Waals surface area contributed by atoms with Crippen molar-refractivity contribution >= 4 is 36.9 Å². The number of benzene rings is 2. The van der Waals surface area contributed by atoms with Crippen LogP contribution in [-0.4, -0.2) is 12.4 Å². The highest BCUT2D eigenvalue weighted by Crippen LogP contribution is 2.38. The van der Waals surface area contributed by atoms with E-state index in [1.54, 1.807) is 30.3 Å². The molecule has 0 atom stereocenters. The van der Waals surface area contributed by atoms with Gasteiger partial charge >= 0.3 is 0 Å². The van der Waals surface area contributed by atoms with Crippen molar-refractivity contribution < 1.29 is 17.2 Å². The van der Waals surface area contributed by atoms with Gasteiger partial charge in [-0.1, -0.05) is 35.9 Å². The second kappa shape index (κ2) is 5.72. The molecule has 2 aromatic carbocycles. The standard InChI is InChI=1S/C16H12BrF2NO2S/c1-10-6-8-11(9-7-10)23(21,22)20-13-5-3-2-4-12(13)14(17)15(20)16(18)19/h2-9,16H,1H3. The van der Waals surface area contributed by atoms with E-state index < -0.39 is 22.1 Å². The van der Waals surface area contributed by atoms with Gasteiger partial charge in [-0.05, 0) is 41.1 Å². The van der Waals surface area contributed by atoms with Crippen LogP contribution in [0.1, 0.15) is 17.7 Å². The highest BCUT2D eigenvalue weighted by molar-refractivity contribution is 9.10. The first-order valence-electron chi connectivity index (χ1n) is 6.73. The van der Waals surface area contributed by atoms with E-state index in [0.717, 1.165) is 9.54 Å². The molecular weight excluding hydrogens is 388 g/mol. The zero-order valence-electron chi connectivity index (χ0n) is 12.0. The minimum atomic E-state index is -4.13. The molecule has 120 valence electrons. The second-order valence-corrected chi connectivity index (χ2v) is 7.68. The van der Waals surface area contributed by atoms with Crippen LogP contribution in [0.4, 0.5) is 8.78 Å². The molecule has 23 heavy (non-hydrogen) atoms. The number of alkyl halides is 2. The van der Waals surface area contributed by atoms with Crippen LogP contribution in [-0.2, 0) is 10.0 Å². The predicted octanol–water partition coefficient (Wildman–Crippen LogP) is 4.89. The first kappa shape index (κ1) is 16.1. The number of nitrogens with zero attached hydrogens (tertiary/aromatic N) is 1. The molecule has 0 unspecified atom stereocenters. The van der Waals surface area contributed by atoms with Crippen molar-refractivity contribution in [1.82, 2.24) is 3.97 Å². The van der Waals surface area contributed by atoms with Gasteiger partial charge in [0.05, 0.1) is 14.9 Å². The van der Waals surface area contributed by atoms with Crippen LogP contribution in [0.15, 0.2) is 57.9 Å². The summed E-state index contributed by atoms with van der Waals surface area (Å²) in [6.45, 7) is 1.82. The molecule has 3 aromatic rings. The zero-order valence-corrected chi connectivity index (χ0v) is 14.4. The minimum absolute atomic E-state index is 0.0294. The maximum Gasteiger partial charge on any atom is 0.280 e. The van der Waals surface area contributed by atoms with Gasteiger partial charge in [-0.2, -0.15) is 0 Å². The van der Waals surface area contributed by atoms with E-state index in [2.05, 4.69) is 15.9 Å². The van der Waals surface area contributed by atoms with Gasteiger partial charge in [0.25, 0.3) is 16.4 Å². The smallest absolute Gasteiger partial charge is 0.231 e. The zero-order chi connectivity index (χ0) is 16.8. The number of rotatable bonds is 3. The van der Waals surface area contributed by atoms with Crippen molar-refractivity contribution in [3.05, 3.63) is 64.3 Å². The third kappa shape index (κ3) is 2.57. The average Bonchev–Trinajstić information content (AvgIpc) is 2.82. The van der Waals surface area contributed by atoms with Crippen molar-refractivity contribution in [2.75, 3.05) is 0 Å². The van der Waals surface area contributed by atoms with Gasteiger partial charge in [0.2, 0.25) is 0 Å². The van der Waals surface area contributed by atoms with Crippen molar-refractivity contribution in [1.29, 1.82) is 0 Å². The second-order valence-electron chi connectivity index (χ2n) is 5.10. The normalized spacial score (nSPS) is 12.2. The Kier molecular flexibility index (Phi) is 4.01. The van der Waals surface area contributed by atoms with Gasteiger partial charge in [-0.15, -0.1) is 0 Å². The SMILES string of the molecule is Cc1ccc(S(=O)(=O)n2c(C(F)F)c(Br)c3ccccc32)cc1. The van der Waals surface area contributed by atoms with Gasteiger partial charge in [0, 0.05) is 5.39 Å². The molecule has 0 bridgehead atoms. The lowest BCUT2D eigenvalue weighted by atomic mass is 10.2. The summed E-state index contributed by atoms with van der Waals surface area (Å²) in [7, 11) is -4.13. The Hall–Kier alpha value is -1.73. The molecule has 1 heterocycles. The number of fused-ring (bicyclic) bond motifs is 1. The number of halogens is 3. The van der Waals surface area contributed by atoms with Crippen LogP contribution in [0.3, 0.4) is 0 Å². The van der Waals surface area contributed by atoms with Crippen molar-refractivity contribution in [3.8, 4) is 0 Å². The fourth-order valence-corrected chi connectivity index (χ4v) is 4.79. The predicted molar refractivity (Wildman–Crippen MR) is 88.4 cm³/mol. The molecule has 3 nitrogen and oxygen atoms in total. The summed E-state index contributed by atoms with van der Waals surface area (Å²) < 4.78 is 53.7. The third-order valence-electron chi connectivity index (χ3n) is 3.57. The summed E-state index contributed by atoms with van der Waals surface area (Å²) >= 11 is 3.11. The maximum atomic E-state index is 13.5. The molecular formula is C16H12BrF2NO2S. The molecule has 0 saturated heterocycles. The molecule has 0 spiro atoms. The Morgan fingerprint density at radius 3 is 2.26 bits per heavy atom. The van der Waals surface area contributed by atoms with E-state index in [-0.39, 0.29) is 14.9 Å². The van der Waals surface area contributed by atoms with E-state index in [0.29, 0.717) is 5.39 Å². The largest absolute Gasteiger partial charge is 0.280 e. The lowest BCUT2D eigenvalue weighted by Crippen LogP contribution is -2.16. The number of para-hydroxylation sites is 1. The van der Waals surface area contributed by atoms with Gasteiger partial charge in [-0.25, -0.2) is 21.2 Å². The molecule has 0 saturated carbocycles. The Bertz CT molecular complexity index is 979. The van der Waals surface area contributed by atoms with E-state index in [1.807, 2.05) is 6.92 Å². The molecule has 0 fully saturated rings. The Morgan fingerprint density at radius 1 is 1.04 bits per heavy atom. The number of aromatic nitrogens is 1. The summed E-state index contributed by atoms with van der Waals surface area (Å²) in [6.07, 6.45) is -2.93. The molecule has 0 N–H and O–H groups in total. The highest BCUT2D eigenvalue weighted by Gasteiger charge is 2.30. The molecule has 0 amide bonds. The summed E-state index contributed by atoms with van der Waals surface area (Å²) in [6, 6.07) is 12.5. The lowest BCUT2D eigenvalue weighted by Gasteiger charge is -2.12. The van der Waals surface area contributed by atoms with Crippen LogP contribution in [0.25, 0.3) is 10.9 Å². The topological polar surface area (TPSA) is 39.1 Å². The quantitative estimate of drug-likeness (QED) is 0.628. The van der Waals surface area contributed by atoms with Crippen LogP contribution in [0.5, 0.6) is 0 Å². The van der Waals surface area contributed by atoms with E-state index in [4.69, 9.17) is 0 Å². The molecule has 0 radical (unpaired) electrons. The molecule has 1 aromatic heterocycles. The van der Waals surface area contributed by atoms with Crippen molar-refractivity contribution in [2.24, 2.45) is 0 Å². The molecule has 3 rings (SSSR count). The van der Waals surface area contributed by atoms with Gasteiger partial charge in [-0.3, -0.25) is 0 Å². The molecule has 0 aliphatic carbocycles. The average molecular weight is 400 g/mol. The van der Waals surface area contributed by atoms with Crippen LogP contribution in [0.2, 0.25) is 0 Å². The maximum absolute atomic E-state index is 13.5. The Morgan fingerprint density at radius 2 is 1.65 bits per heavy atom. The fourth-order valence-electron chi connectivity index (χ4n) is 2.45. The van der Waals surface area contributed by atoms with Crippen LogP contribution < -0.4 is 0 Å².